The number of likely N-dealkylation sites (N-methyl/N-ethyl adjacent to an activating group) is 1. The highest BCUT2D eigenvalue weighted by molar-refractivity contribution is 5.94. The van der Waals surface area contributed by atoms with Gasteiger partial charge in [0.2, 0.25) is 0 Å². The Morgan fingerprint density at radius 1 is 0.739 bits per heavy atom. The van der Waals surface area contributed by atoms with Gasteiger partial charge in [-0.15, -0.1) is 0 Å². The molecule has 2 fully saturated rings. The number of carbonyl (C=O) groups is 1. The lowest BCUT2D eigenvalue weighted by molar-refractivity contribution is 0.0638. The lowest BCUT2D eigenvalue weighted by Crippen LogP contribution is -2.49. The topological polar surface area (TPSA) is 44.2 Å². The van der Waals surface area contributed by atoms with E-state index in [9.17, 15) is 4.79 Å². The molecule has 7 nitrogen and oxygen atoms in total. The largest absolute Gasteiger partial charge is 0.497 e. The van der Waals surface area contributed by atoms with E-state index in [1.54, 1.807) is 7.11 Å². The third-order valence-corrected chi connectivity index (χ3v) is 10.3. The van der Waals surface area contributed by atoms with E-state index in [4.69, 9.17) is 4.74 Å². The molecule has 244 valence electrons. The summed E-state index contributed by atoms with van der Waals surface area (Å²) >= 11 is 0. The Morgan fingerprint density at radius 2 is 1.43 bits per heavy atom. The summed E-state index contributed by atoms with van der Waals surface area (Å²) in [7, 11) is 3.93. The van der Waals surface area contributed by atoms with E-state index in [-0.39, 0.29) is 5.91 Å². The van der Waals surface area contributed by atoms with Gasteiger partial charge in [-0.25, -0.2) is 0 Å². The molecule has 0 bridgehead atoms. The number of nitrogens with zero attached hydrogens (tertiary/aromatic N) is 5. The van der Waals surface area contributed by atoms with Crippen LogP contribution in [0.3, 0.4) is 0 Å². The number of hydrogen-bond donors (Lipinski definition) is 0. The molecule has 0 N–H and O–H groups in total. The number of rotatable bonds is 11. The second-order valence-corrected chi connectivity index (χ2v) is 13.3. The molecular formula is C39H51N5O2. The molecule has 0 atom stereocenters. The fraction of sp³-hybridized carbons (Fsp3) is 0.462. The summed E-state index contributed by atoms with van der Waals surface area (Å²) in [5.74, 6) is 1.04. The first-order valence-electron chi connectivity index (χ1n) is 17.1. The van der Waals surface area contributed by atoms with Gasteiger partial charge in [0.1, 0.15) is 5.75 Å². The first-order chi connectivity index (χ1) is 22.4. The van der Waals surface area contributed by atoms with Crippen molar-refractivity contribution in [3.05, 3.63) is 100 Å². The minimum absolute atomic E-state index is 0.139. The van der Waals surface area contributed by atoms with E-state index in [0.29, 0.717) is 0 Å². The summed E-state index contributed by atoms with van der Waals surface area (Å²) < 4.78 is 7.88. The van der Waals surface area contributed by atoms with Crippen molar-refractivity contribution in [1.29, 1.82) is 0 Å². The van der Waals surface area contributed by atoms with Crippen LogP contribution in [0.4, 0.5) is 0 Å². The average molecular weight is 622 g/mol. The van der Waals surface area contributed by atoms with E-state index in [0.717, 1.165) is 63.4 Å². The number of ether oxygens (including phenoxy) is 1. The van der Waals surface area contributed by atoms with Crippen LogP contribution in [0.2, 0.25) is 0 Å². The molecule has 2 aliphatic heterocycles. The third-order valence-electron chi connectivity index (χ3n) is 10.3. The van der Waals surface area contributed by atoms with Crippen LogP contribution in [0.25, 0.3) is 10.9 Å². The lowest BCUT2D eigenvalue weighted by Gasteiger charge is -2.34. The van der Waals surface area contributed by atoms with Crippen LogP contribution in [-0.2, 0) is 19.4 Å². The van der Waals surface area contributed by atoms with Crippen LogP contribution in [0, 0.1) is 13.8 Å². The first-order valence-corrected chi connectivity index (χ1v) is 17.1. The van der Waals surface area contributed by atoms with Crippen LogP contribution in [0.1, 0.15) is 44.7 Å². The van der Waals surface area contributed by atoms with Crippen LogP contribution in [-0.4, -0.2) is 110 Å². The summed E-state index contributed by atoms with van der Waals surface area (Å²) in [6.45, 7) is 15.8. The Morgan fingerprint density at radius 3 is 2.17 bits per heavy atom. The van der Waals surface area contributed by atoms with Crippen molar-refractivity contribution < 1.29 is 9.53 Å². The number of piperazine rings is 2. The average Bonchev–Trinajstić information content (AvgIpc) is 3.33. The molecule has 1 amide bonds. The summed E-state index contributed by atoms with van der Waals surface area (Å²) in [6.07, 6.45) is 3.03. The smallest absolute Gasteiger partial charge is 0.253 e. The fourth-order valence-corrected chi connectivity index (χ4v) is 7.09. The molecular weight excluding hydrogens is 570 g/mol. The van der Waals surface area contributed by atoms with Crippen LogP contribution in [0.5, 0.6) is 5.75 Å². The van der Waals surface area contributed by atoms with Gasteiger partial charge in [-0.05, 0) is 105 Å². The number of methoxy groups -OCH3 is 1. The quantitative estimate of drug-likeness (QED) is 0.222. The predicted molar refractivity (Wildman–Crippen MR) is 188 cm³/mol. The van der Waals surface area contributed by atoms with Crippen molar-refractivity contribution in [2.45, 2.75) is 39.7 Å². The monoisotopic (exact) mass is 621 g/mol. The van der Waals surface area contributed by atoms with Crippen molar-refractivity contribution in [3.63, 3.8) is 0 Å². The Bertz CT molecular complexity index is 1610. The van der Waals surface area contributed by atoms with E-state index >= 15 is 0 Å². The molecule has 3 heterocycles. The van der Waals surface area contributed by atoms with Gasteiger partial charge in [0, 0.05) is 87.6 Å². The minimum Gasteiger partial charge on any atom is -0.497 e. The van der Waals surface area contributed by atoms with Gasteiger partial charge in [-0.1, -0.05) is 30.3 Å². The molecule has 0 spiro atoms. The maximum absolute atomic E-state index is 13.3. The highest BCUT2D eigenvalue weighted by atomic mass is 16.5. The second kappa shape index (κ2) is 14.8. The predicted octanol–water partition coefficient (Wildman–Crippen LogP) is 5.50. The second-order valence-electron chi connectivity index (χ2n) is 13.3. The summed E-state index contributed by atoms with van der Waals surface area (Å²) in [5, 5.41) is 1.36. The molecule has 6 rings (SSSR count). The van der Waals surface area contributed by atoms with Crippen LogP contribution < -0.4 is 4.74 Å². The van der Waals surface area contributed by atoms with Crippen molar-refractivity contribution in [2.75, 3.05) is 79.6 Å². The molecule has 0 aliphatic carbocycles. The zero-order valence-electron chi connectivity index (χ0n) is 28.3. The molecule has 0 unspecified atom stereocenters. The molecule has 7 heteroatoms. The third kappa shape index (κ3) is 7.65. The molecule has 0 radical (unpaired) electrons. The van der Waals surface area contributed by atoms with Crippen molar-refractivity contribution >= 4 is 16.8 Å². The van der Waals surface area contributed by atoms with Gasteiger partial charge in [-0.2, -0.15) is 0 Å². The highest BCUT2D eigenvalue weighted by Crippen LogP contribution is 2.28. The highest BCUT2D eigenvalue weighted by Gasteiger charge is 2.22. The Kier molecular flexibility index (Phi) is 10.4. The summed E-state index contributed by atoms with van der Waals surface area (Å²) in [4.78, 5) is 22.8. The van der Waals surface area contributed by atoms with Crippen LogP contribution >= 0.6 is 0 Å². The van der Waals surface area contributed by atoms with Crippen molar-refractivity contribution in [1.82, 2.24) is 24.2 Å². The summed E-state index contributed by atoms with van der Waals surface area (Å²) in [6, 6.07) is 23.5. The minimum atomic E-state index is 0.139. The number of aromatic nitrogens is 1. The molecule has 4 aromatic rings. The Hall–Kier alpha value is -3.65. The molecule has 0 saturated carbocycles. The Labute approximate surface area is 275 Å². The molecule has 3 aromatic carbocycles. The van der Waals surface area contributed by atoms with E-state index in [1.807, 2.05) is 29.2 Å². The zero-order chi connectivity index (χ0) is 32.0. The van der Waals surface area contributed by atoms with E-state index < -0.39 is 0 Å². The van der Waals surface area contributed by atoms with Gasteiger partial charge in [0.15, 0.2) is 0 Å². The number of carbonyl (C=O) groups excluding carboxylic acids is 1. The first kappa shape index (κ1) is 32.3. The standard InChI is InChI=1S/C39H51N5O2/c1-30-31(2)44(17-6-16-41-21-19-40(3)20-22-41)38-14-11-34(29-37(30)38)27-33-9-12-35(13-10-33)39(45)43-25-23-42(24-26-43)18-15-32-7-5-8-36(28-32)46-4/h5,7-14,28-29H,6,15-27H2,1-4H3. The number of amides is 1. The maximum Gasteiger partial charge on any atom is 0.253 e. The van der Waals surface area contributed by atoms with Gasteiger partial charge in [0.25, 0.3) is 5.91 Å². The molecule has 2 aliphatic rings. The van der Waals surface area contributed by atoms with Crippen molar-refractivity contribution in [3.8, 4) is 5.75 Å². The number of fused-ring (bicyclic) bond motifs is 1. The number of aryl methyl sites for hydroxylation is 2. The van der Waals surface area contributed by atoms with Gasteiger partial charge in [-0.3, -0.25) is 9.69 Å². The maximum atomic E-state index is 13.3. The van der Waals surface area contributed by atoms with Gasteiger partial charge < -0.3 is 24.0 Å². The Balaban J connectivity index is 1.00. The lowest BCUT2D eigenvalue weighted by atomic mass is 10.0. The SMILES string of the molecule is COc1cccc(CCN2CCN(C(=O)c3ccc(Cc4ccc5c(c4)c(C)c(C)n5CCCN4CCN(C)CC4)cc3)CC2)c1. The van der Waals surface area contributed by atoms with E-state index in [1.165, 1.54) is 78.0 Å². The van der Waals surface area contributed by atoms with E-state index in [2.05, 4.69) is 82.6 Å². The zero-order valence-corrected chi connectivity index (χ0v) is 28.3. The molecule has 1 aromatic heterocycles. The van der Waals surface area contributed by atoms with Crippen LogP contribution in [0.15, 0.2) is 66.7 Å². The normalized spacial score (nSPS) is 16.7. The fourth-order valence-electron chi connectivity index (χ4n) is 7.09. The van der Waals surface area contributed by atoms with Crippen molar-refractivity contribution in [2.24, 2.45) is 0 Å². The molecule has 2 saturated heterocycles. The number of benzene rings is 3. The number of hydrogen-bond acceptors (Lipinski definition) is 5. The molecule has 46 heavy (non-hydrogen) atoms. The summed E-state index contributed by atoms with van der Waals surface area (Å²) in [5.41, 5.74) is 8.73. The van der Waals surface area contributed by atoms with Gasteiger partial charge in [0.05, 0.1) is 7.11 Å². The van der Waals surface area contributed by atoms with Gasteiger partial charge >= 0.3 is 0 Å².